The molecular weight excluding hydrogens is 124 g/mol. The van der Waals surface area contributed by atoms with E-state index in [0.29, 0.717) is 5.75 Å². The number of phenols is 1. The van der Waals surface area contributed by atoms with Crippen molar-refractivity contribution in [3.63, 3.8) is 0 Å². The van der Waals surface area contributed by atoms with Crippen LogP contribution >= 0.6 is 0 Å². The molecule has 1 aromatic rings. The average Bonchev–Trinajstić information content (AvgIpc) is 1.91. The lowest BCUT2D eigenvalue weighted by Gasteiger charge is -1.82. The molecule has 0 spiro atoms. The van der Waals surface area contributed by atoms with Crippen molar-refractivity contribution < 1.29 is 5.11 Å². The monoisotopic (exact) mass is 136 g/mol. The largest absolute Gasteiger partial charge is 0.508 e. The minimum absolute atomic E-state index is 0.322. The molecule has 0 amide bonds. The lowest BCUT2D eigenvalue weighted by Crippen LogP contribution is -1.56. The summed E-state index contributed by atoms with van der Waals surface area (Å²) >= 11 is 0. The summed E-state index contributed by atoms with van der Waals surface area (Å²) in [4.78, 5) is 0. The van der Waals surface area contributed by atoms with E-state index in [1.165, 1.54) is 0 Å². The van der Waals surface area contributed by atoms with Gasteiger partial charge in [-0.2, -0.15) is 0 Å². The molecule has 10 heavy (non-hydrogen) atoms. The third-order valence-corrected chi connectivity index (χ3v) is 0.756. The number of para-hydroxylation sites is 1. The molecule has 0 aliphatic rings. The first-order chi connectivity index (χ1) is 4.81. The van der Waals surface area contributed by atoms with Crippen LogP contribution in [-0.4, -0.2) is 5.11 Å². The zero-order chi connectivity index (χ0) is 7.82. The predicted octanol–water partition coefficient (Wildman–Crippen LogP) is 2.58. The Labute approximate surface area is 61.6 Å². The molecule has 1 nitrogen and oxygen atoms in total. The maximum Gasteiger partial charge on any atom is 0.115 e. The zero-order valence-electron chi connectivity index (χ0n) is 6.12. The number of rotatable bonds is 0. The van der Waals surface area contributed by atoms with Crippen molar-refractivity contribution in [3.05, 3.63) is 43.0 Å². The lowest BCUT2D eigenvalue weighted by atomic mass is 10.3. The highest BCUT2D eigenvalue weighted by molar-refractivity contribution is 5.18. The minimum Gasteiger partial charge on any atom is -0.508 e. The highest BCUT2D eigenvalue weighted by Crippen LogP contribution is 2.02. The van der Waals surface area contributed by atoms with Crippen molar-refractivity contribution in [2.45, 2.75) is 6.92 Å². The zero-order valence-corrected chi connectivity index (χ0v) is 6.12. The molecule has 0 bridgehead atoms. The highest BCUT2D eigenvalue weighted by atomic mass is 16.3. The topological polar surface area (TPSA) is 20.2 Å². The highest BCUT2D eigenvalue weighted by Gasteiger charge is 1.74. The molecule has 1 N–H and O–H groups in total. The molecule has 0 heterocycles. The van der Waals surface area contributed by atoms with Crippen molar-refractivity contribution >= 4 is 0 Å². The van der Waals surface area contributed by atoms with Crippen molar-refractivity contribution in [3.8, 4) is 5.75 Å². The van der Waals surface area contributed by atoms with Gasteiger partial charge in [0.05, 0.1) is 0 Å². The van der Waals surface area contributed by atoms with E-state index < -0.39 is 0 Å². The summed E-state index contributed by atoms with van der Waals surface area (Å²) in [6.07, 6.45) is 1.75. The first-order valence-corrected chi connectivity index (χ1v) is 3.12. The second-order valence-corrected chi connectivity index (χ2v) is 1.74. The smallest absolute Gasteiger partial charge is 0.115 e. The molecule has 1 rings (SSSR count). The van der Waals surface area contributed by atoms with Gasteiger partial charge in [-0.15, -0.1) is 6.58 Å². The van der Waals surface area contributed by atoms with Gasteiger partial charge in [-0.25, -0.2) is 0 Å². The molecule has 1 aromatic carbocycles. The Morgan fingerprint density at radius 2 is 1.70 bits per heavy atom. The van der Waals surface area contributed by atoms with Crippen LogP contribution in [0.15, 0.2) is 43.0 Å². The lowest BCUT2D eigenvalue weighted by molar-refractivity contribution is 0.475. The molecule has 0 fully saturated rings. The van der Waals surface area contributed by atoms with E-state index in [2.05, 4.69) is 6.58 Å². The van der Waals surface area contributed by atoms with Crippen LogP contribution < -0.4 is 0 Å². The van der Waals surface area contributed by atoms with E-state index in [1.54, 1.807) is 30.3 Å². The van der Waals surface area contributed by atoms with Crippen LogP contribution in [0.2, 0.25) is 0 Å². The number of allylic oxidation sites excluding steroid dienone is 1. The van der Waals surface area contributed by atoms with Gasteiger partial charge < -0.3 is 5.11 Å². The van der Waals surface area contributed by atoms with Gasteiger partial charge in [-0.3, -0.25) is 0 Å². The van der Waals surface area contributed by atoms with E-state index in [4.69, 9.17) is 5.11 Å². The normalized spacial score (nSPS) is 7.30. The Balaban J connectivity index is 0.000000236. The fourth-order valence-corrected chi connectivity index (χ4v) is 0.428. The summed E-state index contributed by atoms with van der Waals surface area (Å²) in [6.45, 7) is 5.25. The van der Waals surface area contributed by atoms with E-state index in [1.807, 2.05) is 13.0 Å². The average molecular weight is 136 g/mol. The number of aromatic hydroxyl groups is 1. The van der Waals surface area contributed by atoms with Crippen LogP contribution in [0.1, 0.15) is 6.92 Å². The Morgan fingerprint density at radius 1 is 1.30 bits per heavy atom. The van der Waals surface area contributed by atoms with Gasteiger partial charge in [0.25, 0.3) is 0 Å². The molecule has 0 radical (unpaired) electrons. The van der Waals surface area contributed by atoms with Gasteiger partial charge in [0.2, 0.25) is 0 Å². The third-order valence-electron chi connectivity index (χ3n) is 0.756. The molecule has 54 valence electrons. The van der Waals surface area contributed by atoms with Gasteiger partial charge in [-0.1, -0.05) is 24.3 Å². The summed E-state index contributed by atoms with van der Waals surface area (Å²) in [5.41, 5.74) is 0. The summed E-state index contributed by atoms with van der Waals surface area (Å²) in [5, 5.41) is 8.63. The summed E-state index contributed by atoms with van der Waals surface area (Å²) < 4.78 is 0. The third kappa shape index (κ3) is 4.91. The molecule has 0 atom stereocenters. The summed E-state index contributed by atoms with van der Waals surface area (Å²) in [7, 11) is 0. The number of phenolic OH excluding ortho intramolecular Hbond substituents is 1. The second-order valence-electron chi connectivity index (χ2n) is 1.74. The van der Waals surface area contributed by atoms with Crippen molar-refractivity contribution in [2.24, 2.45) is 0 Å². The number of hydrogen-bond acceptors (Lipinski definition) is 1. The van der Waals surface area contributed by atoms with Crippen LogP contribution in [0, 0.1) is 0 Å². The quantitative estimate of drug-likeness (QED) is 0.543. The van der Waals surface area contributed by atoms with Gasteiger partial charge >= 0.3 is 0 Å². The second kappa shape index (κ2) is 5.89. The van der Waals surface area contributed by atoms with E-state index in [9.17, 15) is 0 Å². The summed E-state index contributed by atoms with van der Waals surface area (Å²) in [5.74, 6) is 0.322. The van der Waals surface area contributed by atoms with E-state index in [-0.39, 0.29) is 0 Å². The molecular formula is C9H12O. The Kier molecular flexibility index (Phi) is 5.16. The van der Waals surface area contributed by atoms with Gasteiger partial charge in [0.15, 0.2) is 0 Å². The van der Waals surface area contributed by atoms with Gasteiger partial charge in [-0.05, 0) is 19.1 Å². The molecule has 1 heteroatoms. The number of hydrogen-bond donors (Lipinski definition) is 1. The minimum atomic E-state index is 0.322. The molecule has 0 aromatic heterocycles. The van der Waals surface area contributed by atoms with E-state index >= 15 is 0 Å². The maximum atomic E-state index is 8.63. The Hall–Kier alpha value is -1.24. The van der Waals surface area contributed by atoms with Crippen LogP contribution in [-0.2, 0) is 0 Å². The van der Waals surface area contributed by atoms with Gasteiger partial charge in [0, 0.05) is 0 Å². The molecule has 0 aliphatic carbocycles. The predicted molar refractivity (Wildman–Crippen MR) is 44.0 cm³/mol. The van der Waals surface area contributed by atoms with Crippen LogP contribution in [0.4, 0.5) is 0 Å². The Bertz CT molecular complexity index is 167. The first kappa shape index (κ1) is 8.76. The fraction of sp³-hybridized carbons (Fsp3) is 0.111. The molecule has 0 saturated carbocycles. The van der Waals surface area contributed by atoms with Crippen molar-refractivity contribution in [1.82, 2.24) is 0 Å². The van der Waals surface area contributed by atoms with Crippen molar-refractivity contribution in [1.29, 1.82) is 0 Å². The molecule has 0 saturated heterocycles. The summed E-state index contributed by atoms with van der Waals surface area (Å²) in [6, 6.07) is 8.71. The fourth-order valence-electron chi connectivity index (χ4n) is 0.428. The SMILES string of the molecule is C=CC.Oc1ccccc1. The molecule has 0 unspecified atom stereocenters. The van der Waals surface area contributed by atoms with Gasteiger partial charge in [0.1, 0.15) is 5.75 Å². The first-order valence-electron chi connectivity index (χ1n) is 3.12. The Morgan fingerprint density at radius 3 is 1.90 bits per heavy atom. The van der Waals surface area contributed by atoms with Crippen LogP contribution in [0.3, 0.4) is 0 Å². The molecule has 0 aliphatic heterocycles. The number of benzene rings is 1. The van der Waals surface area contributed by atoms with Crippen molar-refractivity contribution in [2.75, 3.05) is 0 Å². The van der Waals surface area contributed by atoms with Crippen LogP contribution in [0.25, 0.3) is 0 Å². The standard InChI is InChI=1S/C6H6O.C3H6/c7-6-4-2-1-3-5-6;1-3-2/h1-5,7H;3H,1H2,2H3. The maximum absolute atomic E-state index is 8.63. The van der Waals surface area contributed by atoms with Crippen LogP contribution in [0.5, 0.6) is 5.75 Å². The van der Waals surface area contributed by atoms with E-state index in [0.717, 1.165) is 0 Å².